The van der Waals surface area contributed by atoms with Gasteiger partial charge in [-0.15, -0.1) is 10.2 Å². The number of aromatic nitrogens is 4. The summed E-state index contributed by atoms with van der Waals surface area (Å²) >= 11 is 0. The predicted octanol–water partition coefficient (Wildman–Crippen LogP) is 3.69. The molecule has 5 aromatic rings. The topological polar surface area (TPSA) is 166 Å². The Morgan fingerprint density at radius 1 is 1.20 bits per heavy atom. The molecule has 1 aliphatic heterocycles. The molecule has 0 bridgehead atoms. The van der Waals surface area contributed by atoms with Gasteiger partial charge in [-0.25, -0.2) is 19.0 Å². The van der Waals surface area contributed by atoms with Crippen molar-refractivity contribution in [3.05, 3.63) is 76.1 Å². The monoisotopic (exact) mass is 648 g/mol. The number of carbonyl (C=O) groups excluding carboxylic acids is 1. The number of halogens is 4. The third-order valence-corrected chi connectivity index (χ3v) is 6.74. The van der Waals surface area contributed by atoms with Crippen LogP contribution >= 0.6 is 0 Å². The van der Waals surface area contributed by atoms with E-state index in [0.717, 1.165) is 19.5 Å². The zero-order valence-electron chi connectivity index (χ0n) is 24.3. The first kappa shape index (κ1) is 32.4. The number of benzene rings is 1. The molecular formula is C29H28F4N6O7. The molecule has 1 amide bonds. The summed E-state index contributed by atoms with van der Waals surface area (Å²) in [4.78, 5) is 26.5. The highest BCUT2D eigenvalue weighted by Gasteiger charge is 2.28. The van der Waals surface area contributed by atoms with E-state index in [9.17, 15) is 27.2 Å². The van der Waals surface area contributed by atoms with Crippen molar-refractivity contribution in [1.29, 1.82) is 0 Å². The van der Waals surface area contributed by atoms with Crippen LogP contribution < -0.4 is 21.2 Å². The lowest BCUT2D eigenvalue weighted by molar-refractivity contribution is -0.127. The first-order valence-electron chi connectivity index (χ1n) is 14.0. The molecule has 4 aromatic heterocycles. The number of hydrogen-bond donors (Lipinski definition) is 3. The summed E-state index contributed by atoms with van der Waals surface area (Å²) in [7, 11) is 0. The van der Waals surface area contributed by atoms with Crippen molar-refractivity contribution in [1.82, 2.24) is 30.2 Å². The second-order valence-electron chi connectivity index (χ2n) is 10.2. The molecule has 46 heavy (non-hydrogen) atoms. The minimum atomic E-state index is -4.34. The summed E-state index contributed by atoms with van der Waals surface area (Å²) in [5, 5.41) is 23.2. The number of amides is 1. The van der Waals surface area contributed by atoms with Crippen LogP contribution in [-0.2, 0) is 17.8 Å². The third-order valence-electron chi connectivity index (χ3n) is 6.74. The fourth-order valence-corrected chi connectivity index (χ4v) is 4.58. The molecule has 1 atom stereocenters. The molecule has 0 spiro atoms. The van der Waals surface area contributed by atoms with E-state index in [2.05, 4.69) is 30.2 Å². The lowest BCUT2D eigenvalue weighted by atomic mass is 10.1. The van der Waals surface area contributed by atoms with Gasteiger partial charge in [0.25, 0.3) is 0 Å². The van der Waals surface area contributed by atoms with Crippen LogP contribution in [0.3, 0.4) is 0 Å². The number of alkyl halides is 3. The number of aliphatic hydroxyl groups is 1. The van der Waals surface area contributed by atoms with Crippen molar-refractivity contribution in [2.75, 3.05) is 26.3 Å². The summed E-state index contributed by atoms with van der Waals surface area (Å²) in [5.41, 5.74) is 1.20. The van der Waals surface area contributed by atoms with Gasteiger partial charge in [-0.1, -0.05) is 12.1 Å². The minimum Gasteiger partial charge on any atom is -0.488 e. The van der Waals surface area contributed by atoms with Crippen molar-refractivity contribution < 1.29 is 45.8 Å². The molecule has 1 saturated heterocycles. The quantitative estimate of drug-likeness (QED) is 0.210. The molecule has 3 N–H and O–H groups in total. The SMILES string of the molecule is Cc1oc(=O)oc1COC(=O)NC1CCNC1.OCCOc1cc2nc(-c3nnc4ccc(CC(F)(F)F)cn34)ccc2cc1F. The van der Waals surface area contributed by atoms with Crippen LogP contribution in [-0.4, -0.2) is 69.3 Å². The maximum Gasteiger partial charge on any atom is 0.519 e. The average Bonchev–Trinajstić information content (AvgIpc) is 3.74. The molecule has 5 heterocycles. The van der Waals surface area contributed by atoms with Crippen molar-refractivity contribution >= 4 is 22.6 Å². The van der Waals surface area contributed by atoms with Gasteiger partial charge in [-0.3, -0.25) is 4.40 Å². The van der Waals surface area contributed by atoms with Gasteiger partial charge in [0, 0.05) is 30.2 Å². The van der Waals surface area contributed by atoms with Crippen LogP contribution in [0.4, 0.5) is 22.4 Å². The number of aryl methyl sites for hydroxylation is 1. The molecule has 0 radical (unpaired) electrons. The lowest BCUT2D eigenvalue weighted by Gasteiger charge is -2.10. The number of rotatable bonds is 8. The fraction of sp³-hybridized carbons (Fsp3) is 0.345. The number of carbonyl (C=O) groups is 1. The minimum absolute atomic E-state index is 0.0604. The van der Waals surface area contributed by atoms with Gasteiger partial charge >= 0.3 is 18.1 Å². The number of aliphatic hydroxyl groups excluding tert-OH is 1. The Morgan fingerprint density at radius 3 is 2.72 bits per heavy atom. The second-order valence-corrected chi connectivity index (χ2v) is 10.2. The lowest BCUT2D eigenvalue weighted by Crippen LogP contribution is -2.36. The van der Waals surface area contributed by atoms with Gasteiger partial charge in [0.05, 0.1) is 18.5 Å². The molecule has 0 saturated carbocycles. The first-order valence-corrected chi connectivity index (χ1v) is 14.0. The van der Waals surface area contributed by atoms with E-state index in [1.165, 1.54) is 34.9 Å². The Bertz CT molecular complexity index is 1880. The third kappa shape index (κ3) is 8.16. The van der Waals surface area contributed by atoms with Gasteiger partial charge < -0.3 is 34.0 Å². The number of pyridine rings is 2. The summed E-state index contributed by atoms with van der Waals surface area (Å²) in [6, 6.07) is 8.75. The summed E-state index contributed by atoms with van der Waals surface area (Å²) < 4.78 is 73.0. The number of ether oxygens (including phenoxy) is 2. The maximum atomic E-state index is 14.1. The molecule has 1 unspecified atom stereocenters. The van der Waals surface area contributed by atoms with Crippen LogP contribution in [0.2, 0.25) is 0 Å². The van der Waals surface area contributed by atoms with E-state index in [4.69, 9.17) is 19.0 Å². The number of hydrogen-bond acceptors (Lipinski definition) is 11. The first-order chi connectivity index (χ1) is 22.0. The van der Waals surface area contributed by atoms with Crippen LogP contribution in [0.1, 0.15) is 23.5 Å². The molecule has 1 aliphatic rings. The summed E-state index contributed by atoms with van der Waals surface area (Å²) in [6.45, 7) is 2.76. The van der Waals surface area contributed by atoms with Crippen molar-refractivity contribution in [2.45, 2.75) is 38.6 Å². The normalized spacial score (nSPS) is 14.7. The highest BCUT2D eigenvalue weighted by molar-refractivity contribution is 5.82. The van der Waals surface area contributed by atoms with Gasteiger partial charge in [0.2, 0.25) is 0 Å². The van der Waals surface area contributed by atoms with Crippen LogP contribution in [0.15, 0.2) is 56.2 Å². The average molecular weight is 649 g/mol. The Kier molecular flexibility index (Phi) is 9.81. The number of nitrogens with zero attached hydrogens (tertiary/aromatic N) is 4. The Balaban J connectivity index is 0.000000209. The molecule has 1 fully saturated rings. The number of alkyl carbamates (subject to hydrolysis) is 1. The molecular weight excluding hydrogens is 620 g/mol. The van der Waals surface area contributed by atoms with Crippen LogP contribution in [0, 0.1) is 12.7 Å². The zero-order valence-corrected chi connectivity index (χ0v) is 24.3. The molecule has 1 aromatic carbocycles. The largest absolute Gasteiger partial charge is 0.519 e. The van der Waals surface area contributed by atoms with Gasteiger partial charge in [-0.2, -0.15) is 13.2 Å². The Morgan fingerprint density at radius 2 is 2.02 bits per heavy atom. The van der Waals surface area contributed by atoms with E-state index >= 15 is 0 Å². The highest BCUT2D eigenvalue weighted by atomic mass is 19.4. The molecule has 17 heteroatoms. The van der Waals surface area contributed by atoms with Gasteiger partial charge in [-0.05, 0) is 43.7 Å². The van der Waals surface area contributed by atoms with Crippen molar-refractivity contribution in [2.24, 2.45) is 0 Å². The van der Waals surface area contributed by atoms with Crippen LogP contribution in [0.5, 0.6) is 5.75 Å². The molecule has 6 rings (SSSR count). The van der Waals surface area contributed by atoms with E-state index in [1.54, 1.807) is 19.1 Å². The maximum absolute atomic E-state index is 14.1. The molecule has 13 nitrogen and oxygen atoms in total. The van der Waals surface area contributed by atoms with Crippen molar-refractivity contribution in [3.63, 3.8) is 0 Å². The van der Waals surface area contributed by atoms with Crippen LogP contribution in [0.25, 0.3) is 28.1 Å². The standard InChI is InChI=1S/C19H14F4N4O2.C10H14N2O5/c20-13-7-12-2-3-14(24-15(12)8-16(13)29-6-5-28)18-26-25-17-4-1-11(10-27(17)18)9-19(21,22)23;1-6-8(17-10(14)16-6)5-15-9(13)12-7-2-3-11-4-7/h1-4,7-8,10,28H,5-6,9H2;7,11H,2-5H2,1H3,(H,12,13). The van der Waals surface area contributed by atoms with E-state index in [-0.39, 0.29) is 48.8 Å². The highest BCUT2D eigenvalue weighted by Crippen LogP contribution is 2.27. The zero-order chi connectivity index (χ0) is 32.8. The number of nitrogens with one attached hydrogen (secondary N) is 2. The summed E-state index contributed by atoms with van der Waals surface area (Å²) in [6.07, 6.45) is -3.73. The Labute approximate surface area is 257 Å². The molecule has 0 aliphatic carbocycles. The fourth-order valence-electron chi connectivity index (χ4n) is 4.58. The Hall–Kier alpha value is -5.03. The number of fused-ring (bicyclic) bond motifs is 2. The van der Waals surface area contributed by atoms with Gasteiger partial charge in [0.1, 0.15) is 12.3 Å². The summed E-state index contributed by atoms with van der Waals surface area (Å²) in [5.74, 6) is -0.630. The smallest absolute Gasteiger partial charge is 0.488 e. The second kappa shape index (κ2) is 13.9. The van der Waals surface area contributed by atoms with E-state index < -0.39 is 30.3 Å². The predicted molar refractivity (Wildman–Crippen MR) is 153 cm³/mol. The van der Waals surface area contributed by atoms with E-state index in [1.807, 2.05) is 0 Å². The van der Waals surface area contributed by atoms with Crippen molar-refractivity contribution in [3.8, 4) is 17.3 Å². The van der Waals surface area contributed by atoms with Gasteiger partial charge in [0.15, 0.2) is 41.2 Å². The molecule has 244 valence electrons. The van der Waals surface area contributed by atoms with E-state index in [0.29, 0.717) is 28.0 Å².